The molecule has 0 aromatic heterocycles. The summed E-state index contributed by atoms with van der Waals surface area (Å²) in [5.74, 6) is 0.637. The molecule has 0 spiro atoms. The smallest absolute Gasteiger partial charge is 0.221 e. The Kier molecular flexibility index (Phi) is 34.8. The van der Waals surface area contributed by atoms with Crippen LogP contribution in [0.1, 0.15) is 71.3 Å². The van der Waals surface area contributed by atoms with Gasteiger partial charge < -0.3 is 58.3 Å². The molecule has 278 valence electrons. The largest absolute Gasteiger partial charge is 0.463 e. The van der Waals surface area contributed by atoms with Crippen LogP contribution in [-0.2, 0) is 39.6 Å². The lowest BCUT2D eigenvalue weighted by molar-refractivity contribution is -0.0860. The lowest BCUT2D eigenvalue weighted by atomic mass is 10.0. The summed E-state index contributed by atoms with van der Waals surface area (Å²) in [6.07, 6.45) is 8.62. The van der Waals surface area contributed by atoms with E-state index in [0.717, 1.165) is 6.42 Å². The van der Waals surface area contributed by atoms with Crippen molar-refractivity contribution in [3.8, 4) is 5.75 Å². The standard InChI is InChI=1S/C29H52O9.C6H14O3/c1-2-3-4-5-6-7-8-9-27-10-12-28(13-11-27)38-29(31)26-37-25-24-36-23-22-35-21-20-34-19-18-33-17-16-32-15-14-30;1-5(8)4-9-6(2)3-7/h10-13,29-31H,2-9,14-26H2,1H3;5-8H,3-4H2,1-2H3. The number of aryl methyl sites for hydroxylation is 1. The van der Waals surface area contributed by atoms with E-state index < -0.39 is 12.4 Å². The zero-order chi connectivity index (χ0) is 34.6. The fourth-order valence-electron chi connectivity index (χ4n) is 3.92. The number of hydrogen-bond donors (Lipinski definition) is 4. The van der Waals surface area contributed by atoms with E-state index in [4.69, 9.17) is 53.2 Å². The van der Waals surface area contributed by atoms with Crippen molar-refractivity contribution in [2.24, 2.45) is 0 Å². The van der Waals surface area contributed by atoms with E-state index in [1.54, 1.807) is 13.8 Å². The first-order valence-electron chi connectivity index (χ1n) is 17.3. The normalized spacial score (nSPS) is 13.2. The summed E-state index contributed by atoms with van der Waals surface area (Å²) >= 11 is 0. The fraction of sp³-hybridized carbons (Fsp3) is 0.829. The quantitative estimate of drug-likeness (QED) is 0.0635. The Labute approximate surface area is 283 Å². The highest BCUT2D eigenvalue weighted by molar-refractivity contribution is 5.27. The third kappa shape index (κ3) is 34.2. The van der Waals surface area contributed by atoms with E-state index in [-0.39, 0.29) is 25.9 Å². The predicted octanol–water partition coefficient (Wildman–Crippen LogP) is 3.53. The Bertz CT molecular complexity index is 738. The van der Waals surface area contributed by atoms with Crippen LogP contribution in [0.5, 0.6) is 5.75 Å². The van der Waals surface area contributed by atoms with Crippen LogP contribution in [0.15, 0.2) is 24.3 Å². The van der Waals surface area contributed by atoms with E-state index in [2.05, 4.69) is 19.1 Å². The van der Waals surface area contributed by atoms with Crippen molar-refractivity contribution in [3.05, 3.63) is 29.8 Å². The summed E-state index contributed by atoms with van der Waals surface area (Å²) in [6.45, 7) is 11.0. The van der Waals surface area contributed by atoms with Gasteiger partial charge in [0.15, 0.2) is 0 Å². The van der Waals surface area contributed by atoms with Gasteiger partial charge in [-0.25, -0.2) is 0 Å². The topological polar surface area (TPSA) is 155 Å². The van der Waals surface area contributed by atoms with Gasteiger partial charge in [-0.3, -0.25) is 0 Å². The zero-order valence-corrected chi connectivity index (χ0v) is 29.4. The molecule has 12 heteroatoms. The molecule has 1 rings (SSSR count). The molecule has 47 heavy (non-hydrogen) atoms. The molecule has 4 N–H and O–H groups in total. The number of ether oxygens (including phenoxy) is 8. The average molecular weight is 679 g/mol. The van der Waals surface area contributed by atoms with Gasteiger partial charge in [0.25, 0.3) is 0 Å². The minimum atomic E-state index is -1.02. The third-order valence-corrected chi connectivity index (χ3v) is 6.50. The molecule has 0 aliphatic heterocycles. The monoisotopic (exact) mass is 678 g/mol. The van der Waals surface area contributed by atoms with Gasteiger partial charge in [0.05, 0.1) is 105 Å². The Morgan fingerprint density at radius 1 is 0.574 bits per heavy atom. The molecule has 1 aromatic carbocycles. The van der Waals surface area contributed by atoms with Gasteiger partial charge in [0.2, 0.25) is 6.29 Å². The maximum Gasteiger partial charge on any atom is 0.221 e. The van der Waals surface area contributed by atoms with Gasteiger partial charge >= 0.3 is 0 Å². The van der Waals surface area contributed by atoms with E-state index in [9.17, 15) is 5.11 Å². The second kappa shape index (κ2) is 35.9. The van der Waals surface area contributed by atoms with E-state index in [0.29, 0.717) is 85.0 Å². The first kappa shape index (κ1) is 45.6. The Hall–Kier alpha value is -1.42. The van der Waals surface area contributed by atoms with Crippen molar-refractivity contribution in [2.45, 2.75) is 90.6 Å². The molecule has 0 saturated heterocycles. The van der Waals surface area contributed by atoms with Crippen molar-refractivity contribution < 1.29 is 58.3 Å². The first-order chi connectivity index (χ1) is 22.9. The van der Waals surface area contributed by atoms with Crippen molar-refractivity contribution in [2.75, 3.05) is 99.1 Å². The summed E-state index contributed by atoms with van der Waals surface area (Å²) in [7, 11) is 0. The van der Waals surface area contributed by atoms with Gasteiger partial charge in [-0.05, 0) is 44.4 Å². The van der Waals surface area contributed by atoms with Gasteiger partial charge in [0, 0.05) is 0 Å². The maximum atomic E-state index is 10.0. The predicted molar refractivity (Wildman–Crippen MR) is 181 cm³/mol. The zero-order valence-electron chi connectivity index (χ0n) is 29.4. The molecular weight excluding hydrogens is 612 g/mol. The van der Waals surface area contributed by atoms with Gasteiger partial charge in [0.1, 0.15) is 12.4 Å². The minimum Gasteiger partial charge on any atom is -0.463 e. The molecule has 12 nitrogen and oxygen atoms in total. The Morgan fingerprint density at radius 3 is 1.51 bits per heavy atom. The van der Waals surface area contributed by atoms with Gasteiger partial charge in [-0.2, -0.15) is 0 Å². The lowest BCUT2D eigenvalue weighted by Gasteiger charge is -2.14. The van der Waals surface area contributed by atoms with Crippen molar-refractivity contribution in [1.29, 1.82) is 0 Å². The van der Waals surface area contributed by atoms with Crippen LogP contribution in [0.3, 0.4) is 0 Å². The van der Waals surface area contributed by atoms with Crippen molar-refractivity contribution >= 4 is 0 Å². The van der Waals surface area contributed by atoms with E-state index in [1.807, 2.05) is 12.1 Å². The van der Waals surface area contributed by atoms with Gasteiger partial charge in [-0.15, -0.1) is 0 Å². The van der Waals surface area contributed by atoms with Crippen molar-refractivity contribution in [1.82, 2.24) is 0 Å². The molecule has 1 aromatic rings. The fourth-order valence-corrected chi connectivity index (χ4v) is 3.92. The average Bonchev–Trinajstić information content (AvgIpc) is 3.07. The molecule has 0 amide bonds. The summed E-state index contributed by atoms with van der Waals surface area (Å²) in [5, 5.41) is 35.7. The molecule has 3 atom stereocenters. The summed E-state index contributed by atoms with van der Waals surface area (Å²) in [4.78, 5) is 0. The van der Waals surface area contributed by atoms with Gasteiger partial charge in [-0.1, -0.05) is 57.6 Å². The van der Waals surface area contributed by atoms with Crippen LogP contribution in [-0.4, -0.2) is 138 Å². The molecule has 3 unspecified atom stereocenters. The Morgan fingerprint density at radius 2 is 1.04 bits per heavy atom. The molecule has 0 radical (unpaired) electrons. The number of aliphatic hydroxyl groups is 4. The molecule has 0 heterocycles. The molecule has 0 bridgehead atoms. The highest BCUT2D eigenvalue weighted by atomic mass is 16.6. The number of unbranched alkanes of at least 4 members (excludes halogenated alkanes) is 6. The van der Waals surface area contributed by atoms with E-state index in [1.165, 1.54) is 50.5 Å². The van der Waals surface area contributed by atoms with E-state index >= 15 is 0 Å². The highest BCUT2D eigenvalue weighted by Crippen LogP contribution is 2.16. The van der Waals surface area contributed by atoms with Crippen LogP contribution in [0.25, 0.3) is 0 Å². The molecular formula is C35H66O12. The van der Waals surface area contributed by atoms with Crippen LogP contribution in [0.4, 0.5) is 0 Å². The SMILES string of the molecule is CC(O)COC(C)CO.CCCCCCCCCc1ccc(OC(O)COCCOCCOCCOCCOCCOCCO)cc1. The number of benzene rings is 1. The van der Waals surface area contributed by atoms with Crippen LogP contribution in [0, 0.1) is 0 Å². The van der Waals surface area contributed by atoms with Crippen LogP contribution < -0.4 is 4.74 Å². The number of rotatable bonds is 33. The van der Waals surface area contributed by atoms with Crippen molar-refractivity contribution in [3.63, 3.8) is 0 Å². The first-order valence-corrected chi connectivity index (χ1v) is 17.3. The summed E-state index contributed by atoms with van der Waals surface area (Å²) in [5.41, 5.74) is 1.30. The highest BCUT2D eigenvalue weighted by Gasteiger charge is 2.06. The minimum absolute atomic E-state index is 0.00667. The maximum absolute atomic E-state index is 10.0. The van der Waals surface area contributed by atoms with Crippen LogP contribution >= 0.6 is 0 Å². The third-order valence-electron chi connectivity index (χ3n) is 6.50. The molecule has 0 fully saturated rings. The molecule has 0 aliphatic carbocycles. The summed E-state index contributed by atoms with van der Waals surface area (Å²) < 4.78 is 42.6. The number of hydrogen-bond acceptors (Lipinski definition) is 12. The molecule has 0 aliphatic rings. The second-order valence-electron chi connectivity index (χ2n) is 11.1. The lowest BCUT2D eigenvalue weighted by Crippen LogP contribution is -2.23. The number of aliphatic hydroxyl groups excluding tert-OH is 4. The second-order valence-corrected chi connectivity index (χ2v) is 11.1. The van der Waals surface area contributed by atoms with Crippen LogP contribution in [0.2, 0.25) is 0 Å². The molecule has 0 saturated carbocycles. The Balaban J connectivity index is 0.00000204. The summed E-state index contributed by atoms with van der Waals surface area (Å²) in [6, 6.07) is 7.94.